The van der Waals surface area contributed by atoms with Crippen LogP contribution >= 0.6 is 0 Å². The minimum absolute atomic E-state index is 0.226. The number of carbonyl (C=O) groups excluding carboxylic acids is 2. The van der Waals surface area contributed by atoms with Crippen LogP contribution in [0.4, 0.5) is 4.79 Å². The Balaban J connectivity index is 2.37. The fourth-order valence-corrected chi connectivity index (χ4v) is 1.46. The second-order valence-electron chi connectivity index (χ2n) is 5.43. The lowest BCUT2D eigenvalue weighted by Crippen LogP contribution is -2.32. The first-order chi connectivity index (χ1) is 9.78. The summed E-state index contributed by atoms with van der Waals surface area (Å²) in [6.45, 7) is 5.89. The predicted molar refractivity (Wildman–Crippen MR) is 80.6 cm³/mol. The highest BCUT2D eigenvalue weighted by atomic mass is 16.6. The van der Waals surface area contributed by atoms with Crippen LogP contribution in [-0.2, 0) is 4.74 Å². The zero-order valence-corrected chi connectivity index (χ0v) is 12.6. The molecular weight excluding hydrogens is 270 g/mol. The van der Waals surface area contributed by atoms with Gasteiger partial charge in [0.05, 0.1) is 5.69 Å². The Morgan fingerprint density at radius 3 is 2.71 bits per heavy atom. The third-order valence-corrected chi connectivity index (χ3v) is 2.29. The lowest BCUT2D eigenvalue weighted by molar-refractivity contribution is 0.0528. The number of hydrogen-bond acceptors (Lipinski definition) is 4. The van der Waals surface area contributed by atoms with Crippen molar-refractivity contribution in [3.8, 4) is 0 Å². The Hall–Kier alpha value is -2.37. The van der Waals surface area contributed by atoms with E-state index in [-0.39, 0.29) is 5.69 Å². The maximum atomic E-state index is 11.4. The Labute approximate surface area is 124 Å². The molecule has 114 valence electrons. The van der Waals surface area contributed by atoms with Crippen LogP contribution in [-0.4, -0.2) is 29.1 Å². The average Bonchev–Trinajstić information content (AvgIpc) is 2.36. The molecule has 0 aliphatic heterocycles. The molecule has 0 radical (unpaired) electrons. The topological polar surface area (TPSA) is 94.3 Å². The van der Waals surface area contributed by atoms with Gasteiger partial charge < -0.3 is 15.8 Å². The third kappa shape index (κ3) is 7.10. The van der Waals surface area contributed by atoms with E-state index in [9.17, 15) is 9.59 Å². The summed E-state index contributed by atoms with van der Waals surface area (Å²) < 4.78 is 5.11. The first-order valence-corrected chi connectivity index (χ1v) is 6.68. The lowest BCUT2D eigenvalue weighted by Gasteiger charge is -2.19. The number of rotatable bonds is 5. The fraction of sp³-hybridized carbons (Fsp3) is 0.400. The van der Waals surface area contributed by atoms with Crippen molar-refractivity contribution in [3.05, 3.63) is 35.7 Å². The van der Waals surface area contributed by atoms with Crippen molar-refractivity contribution < 1.29 is 14.3 Å². The SMILES string of the molecule is CC(C)(C)OC(=O)NCCC=Cc1cccc(C(N)=O)n1. The molecule has 0 aliphatic rings. The van der Waals surface area contributed by atoms with Crippen LogP contribution in [0.1, 0.15) is 43.4 Å². The van der Waals surface area contributed by atoms with Gasteiger partial charge in [-0.2, -0.15) is 0 Å². The molecule has 0 saturated heterocycles. The molecule has 1 aromatic heterocycles. The molecule has 1 aromatic rings. The Kier molecular flexibility index (Phi) is 5.90. The van der Waals surface area contributed by atoms with Gasteiger partial charge in [0, 0.05) is 6.54 Å². The van der Waals surface area contributed by atoms with Crippen molar-refractivity contribution in [3.63, 3.8) is 0 Å². The third-order valence-electron chi connectivity index (χ3n) is 2.29. The molecule has 0 bridgehead atoms. The molecule has 0 aliphatic carbocycles. The van der Waals surface area contributed by atoms with Gasteiger partial charge in [-0.1, -0.05) is 12.1 Å². The van der Waals surface area contributed by atoms with Crippen molar-refractivity contribution in [2.75, 3.05) is 6.54 Å². The van der Waals surface area contributed by atoms with Crippen molar-refractivity contribution in [2.24, 2.45) is 5.73 Å². The van der Waals surface area contributed by atoms with Crippen LogP contribution in [0.3, 0.4) is 0 Å². The quantitative estimate of drug-likeness (QED) is 0.812. The summed E-state index contributed by atoms with van der Waals surface area (Å²) in [5.41, 5.74) is 5.52. The van der Waals surface area contributed by atoms with Crippen LogP contribution in [0.5, 0.6) is 0 Å². The van der Waals surface area contributed by atoms with Crippen LogP contribution in [0, 0.1) is 0 Å². The number of amides is 2. The number of alkyl carbamates (subject to hydrolysis) is 1. The summed E-state index contributed by atoms with van der Waals surface area (Å²) in [5.74, 6) is -0.558. The van der Waals surface area contributed by atoms with Gasteiger partial charge in [0.25, 0.3) is 5.91 Å². The Morgan fingerprint density at radius 1 is 1.38 bits per heavy atom. The second kappa shape index (κ2) is 7.42. The van der Waals surface area contributed by atoms with Crippen LogP contribution in [0.15, 0.2) is 24.3 Å². The van der Waals surface area contributed by atoms with E-state index < -0.39 is 17.6 Å². The molecule has 0 atom stereocenters. The highest BCUT2D eigenvalue weighted by molar-refractivity contribution is 5.90. The van der Waals surface area contributed by atoms with Crippen molar-refractivity contribution in [1.82, 2.24) is 10.3 Å². The molecule has 0 saturated carbocycles. The van der Waals surface area contributed by atoms with Gasteiger partial charge >= 0.3 is 6.09 Å². The van der Waals surface area contributed by atoms with E-state index in [1.165, 1.54) is 0 Å². The molecule has 0 spiro atoms. The van der Waals surface area contributed by atoms with Gasteiger partial charge in [-0.3, -0.25) is 4.79 Å². The molecule has 2 amide bonds. The summed E-state index contributed by atoms with van der Waals surface area (Å²) in [5, 5.41) is 2.65. The normalized spacial score (nSPS) is 11.4. The number of carbonyl (C=O) groups is 2. The van der Waals surface area contributed by atoms with E-state index in [1.54, 1.807) is 24.3 Å². The van der Waals surface area contributed by atoms with Crippen molar-refractivity contribution in [1.29, 1.82) is 0 Å². The zero-order valence-electron chi connectivity index (χ0n) is 12.6. The molecule has 1 rings (SSSR count). The molecule has 0 fully saturated rings. The summed E-state index contributed by atoms with van der Waals surface area (Å²) in [7, 11) is 0. The number of ether oxygens (including phenoxy) is 1. The zero-order chi connectivity index (χ0) is 15.9. The maximum absolute atomic E-state index is 11.4. The fourth-order valence-electron chi connectivity index (χ4n) is 1.46. The molecule has 6 heteroatoms. The minimum Gasteiger partial charge on any atom is -0.444 e. The van der Waals surface area contributed by atoms with Gasteiger partial charge in [0.2, 0.25) is 0 Å². The highest BCUT2D eigenvalue weighted by Crippen LogP contribution is 2.06. The van der Waals surface area contributed by atoms with Gasteiger partial charge in [0.15, 0.2) is 0 Å². The van der Waals surface area contributed by atoms with Gasteiger partial charge in [-0.15, -0.1) is 0 Å². The highest BCUT2D eigenvalue weighted by Gasteiger charge is 2.15. The average molecular weight is 291 g/mol. The summed E-state index contributed by atoms with van der Waals surface area (Å²) in [6, 6.07) is 5.04. The van der Waals surface area contributed by atoms with Gasteiger partial charge in [0.1, 0.15) is 11.3 Å². The standard InChI is InChI=1S/C15H21N3O3/c1-15(2,3)21-14(20)17-10-5-4-7-11-8-6-9-12(18-11)13(16)19/h4,6-9H,5,10H2,1-3H3,(H2,16,19)(H,17,20). The van der Waals surface area contributed by atoms with E-state index in [2.05, 4.69) is 10.3 Å². The molecule has 6 nitrogen and oxygen atoms in total. The largest absolute Gasteiger partial charge is 0.444 e. The van der Waals surface area contributed by atoms with Crippen LogP contribution in [0.25, 0.3) is 6.08 Å². The number of aromatic nitrogens is 1. The number of nitrogens with zero attached hydrogens (tertiary/aromatic N) is 1. The molecule has 1 heterocycles. The number of pyridine rings is 1. The lowest BCUT2D eigenvalue weighted by atomic mass is 10.2. The molecular formula is C15H21N3O3. The Bertz CT molecular complexity index is 533. The number of nitrogens with two attached hydrogens (primary N) is 1. The predicted octanol–water partition coefficient (Wildman–Crippen LogP) is 2.11. The van der Waals surface area contributed by atoms with Crippen LogP contribution in [0.2, 0.25) is 0 Å². The number of nitrogens with one attached hydrogen (secondary N) is 1. The molecule has 0 unspecified atom stereocenters. The van der Waals surface area contributed by atoms with E-state index in [4.69, 9.17) is 10.5 Å². The summed E-state index contributed by atoms with van der Waals surface area (Å²) >= 11 is 0. The van der Waals surface area contributed by atoms with Crippen LogP contribution < -0.4 is 11.1 Å². The van der Waals surface area contributed by atoms with E-state index in [1.807, 2.05) is 26.8 Å². The van der Waals surface area contributed by atoms with Crippen molar-refractivity contribution >= 4 is 18.1 Å². The molecule has 21 heavy (non-hydrogen) atoms. The van der Waals surface area contributed by atoms with E-state index in [0.29, 0.717) is 18.7 Å². The van der Waals surface area contributed by atoms with E-state index >= 15 is 0 Å². The van der Waals surface area contributed by atoms with Crippen molar-refractivity contribution in [2.45, 2.75) is 32.8 Å². The number of primary amides is 1. The Morgan fingerprint density at radius 2 is 2.10 bits per heavy atom. The molecule has 3 N–H and O–H groups in total. The van der Waals surface area contributed by atoms with Gasteiger partial charge in [-0.05, 0) is 45.4 Å². The second-order valence-corrected chi connectivity index (χ2v) is 5.43. The first kappa shape index (κ1) is 16.7. The molecule has 0 aromatic carbocycles. The smallest absolute Gasteiger partial charge is 0.407 e. The maximum Gasteiger partial charge on any atom is 0.407 e. The number of hydrogen-bond donors (Lipinski definition) is 2. The summed E-state index contributed by atoms with van der Waals surface area (Å²) in [6.07, 6.45) is 3.81. The monoisotopic (exact) mass is 291 g/mol. The summed E-state index contributed by atoms with van der Waals surface area (Å²) in [4.78, 5) is 26.5. The minimum atomic E-state index is -0.558. The van der Waals surface area contributed by atoms with Gasteiger partial charge in [-0.25, -0.2) is 9.78 Å². The first-order valence-electron chi connectivity index (χ1n) is 6.68. The van der Waals surface area contributed by atoms with E-state index in [0.717, 1.165) is 0 Å².